The molecule has 0 saturated carbocycles. The minimum atomic E-state index is -0.320. The molecule has 1 aromatic carbocycles. The summed E-state index contributed by atoms with van der Waals surface area (Å²) in [6.07, 6.45) is 0. The largest absolute Gasteiger partial charge is 0.383 e. The summed E-state index contributed by atoms with van der Waals surface area (Å²) < 4.78 is 17.9. The fraction of sp³-hybridized carbons (Fsp3) is 0.385. The van der Waals surface area contributed by atoms with Crippen molar-refractivity contribution in [1.29, 1.82) is 0 Å². The predicted molar refractivity (Wildman–Crippen MR) is 72.6 cm³/mol. The third-order valence-corrected chi connectivity index (χ3v) is 2.71. The molecule has 0 spiro atoms. The van der Waals surface area contributed by atoms with Crippen molar-refractivity contribution in [2.75, 3.05) is 26.8 Å². The van der Waals surface area contributed by atoms with Crippen molar-refractivity contribution in [3.63, 3.8) is 0 Å². The van der Waals surface area contributed by atoms with E-state index in [9.17, 15) is 9.18 Å². The number of nitrogens with one attached hydrogen (secondary N) is 3. The number of carbonyl (C=O) groups is 1. The highest BCUT2D eigenvalue weighted by Gasteiger charge is 2.05. The summed E-state index contributed by atoms with van der Waals surface area (Å²) in [6, 6.07) is 4.32. The second-order valence-electron chi connectivity index (χ2n) is 4.29. The Morgan fingerprint density at radius 3 is 3.15 bits per heavy atom. The van der Waals surface area contributed by atoms with Crippen molar-refractivity contribution < 1.29 is 13.9 Å². The summed E-state index contributed by atoms with van der Waals surface area (Å²) in [5.41, 5.74) is 1.29. The van der Waals surface area contributed by atoms with E-state index in [-0.39, 0.29) is 24.8 Å². The zero-order valence-corrected chi connectivity index (χ0v) is 11.2. The number of methoxy groups -OCH3 is 1. The molecule has 0 aliphatic rings. The summed E-state index contributed by atoms with van der Waals surface area (Å²) in [5.74, 6) is 0.141. The van der Waals surface area contributed by atoms with E-state index in [0.29, 0.717) is 30.0 Å². The molecule has 2 aromatic rings. The van der Waals surface area contributed by atoms with Gasteiger partial charge in [0.15, 0.2) is 0 Å². The Bertz CT molecular complexity index is 585. The highest BCUT2D eigenvalue weighted by molar-refractivity contribution is 5.78. The molecule has 20 heavy (non-hydrogen) atoms. The Balaban J connectivity index is 1.81. The number of aromatic nitrogens is 2. The normalized spacial score (nSPS) is 10.9. The third-order valence-electron chi connectivity index (χ3n) is 2.71. The Morgan fingerprint density at radius 2 is 2.35 bits per heavy atom. The standard InChI is InChI=1S/C13H17FN4O2/c1-20-5-4-15-8-13(19)16-7-12-17-10-3-2-9(14)6-11(10)18-12/h2-3,6,15H,4-5,7-8H2,1H3,(H,16,19)(H,17,18). The molecule has 7 heteroatoms. The lowest BCUT2D eigenvalue weighted by Crippen LogP contribution is -2.35. The number of carbonyl (C=O) groups excluding carboxylic acids is 1. The molecule has 0 atom stereocenters. The van der Waals surface area contributed by atoms with E-state index < -0.39 is 0 Å². The van der Waals surface area contributed by atoms with Gasteiger partial charge in [-0.3, -0.25) is 4.79 Å². The van der Waals surface area contributed by atoms with Crippen molar-refractivity contribution in [2.24, 2.45) is 0 Å². The average molecular weight is 280 g/mol. The molecule has 0 unspecified atom stereocenters. The fourth-order valence-electron chi connectivity index (χ4n) is 1.74. The van der Waals surface area contributed by atoms with Crippen LogP contribution in [0.4, 0.5) is 4.39 Å². The minimum Gasteiger partial charge on any atom is -0.383 e. The molecule has 0 aliphatic heterocycles. The van der Waals surface area contributed by atoms with Crippen LogP contribution in [-0.2, 0) is 16.1 Å². The van der Waals surface area contributed by atoms with Crippen molar-refractivity contribution >= 4 is 16.9 Å². The van der Waals surface area contributed by atoms with Crippen LogP contribution in [0.5, 0.6) is 0 Å². The van der Waals surface area contributed by atoms with Crippen LogP contribution in [0.25, 0.3) is 11.0 Å². The topological polar surface area (TPSA) is 79.0 Å². The van der Waals surface area contributed by atoms with E-state index in [4.69, 9.17) is 4.74 Å². The van der Waals surface area contributed by atoms with Crippen molar-refractivity contribution in [3.05, 3.63) is 29.8 Å². The first-order chi connectivity index (χ1) is 9.69. The quantitative estimate of drug-likeness (QED) is 0.647. The van der Waals surface area contributed by atoms with Gasteiger partial charge in [-0.05, 0) is 18.2 Å². The van der Waals surface area contributed by atoms with Gasteiger partial charge >= 0.3 is 0 Å². The summed E-state index contributed by atoms with van der Waals surface area (Å²) in [7, 11) is 1.60. The highest BCUT2D eigenvalue weighted by Crippen LogP contribution is 2.12. The van der Waals surface area contributed by atoms with Gasteiger partial charge in [0, 0.05) is 13.7 Å². The molecular weight excluding hydrogens is 263 g/mol. The Labute approximate surface area is 115 Å². The van der Waals surface area contributed by atoms with Gasteiger partial charge in [-0.2, -0.15) is 0 Å². The van der Waals surface area contributed by atoms with Gasteiger partial charge in [-0.15, -0.1) is 0 Å². The summed E-state index contributed by atoms with van der Waals surface area (Å²) in [4.78, 5) is 18.8. The Morgan fingerprint density at radius 1 is 1.50 bits per heavy atom. The Kier molecular flexibility index (Phi) is 5.03. The predicted octanol–water partition coefficient (Wildman–Crippen LogP) is 0.554. The number of aromatic amines is 1. The number of rotatable bonds is 7. The van der Waals surface area contributed by atoms with Crippen molar-refractivity contribution in [3.8, 4) is 0 Å². The van der Waals surface area contributed by atoms with Crippen LogP contribution < -0.4 is 10.6 Å². The van der Waals surface area contributed by atoms with E-state index >= 15 is 0 Å². The zero-order chi connectivity index (χ0) is 14.4. The van der Waals surface area contributed by atoms with Crippen LogP contribution in [-0.4, -0.2) is 42.7 Å². The summed E-state index contributed by atoms with van der Waals surface area (Å²) in [5, 5.41) is 5.66. The van der Waals surface area contributed by atoms with Crippen LogP contribution in [0.2, 0.25) is 0 Å². The lowest BCUT2D eigenvalue weighted by atomic mass is 10.3. The monoisotopic (exact) mass is 280 g/mol. The lowest BCUT2D eigenvalue weighted by molar-refractivity contribution is -0.120. The zero-order valence-electron chi connectivity index (χ0n) is 11.2. The molecule has 0 saturated heterocycles. The SMILES string of the molecule is COCCNCC(=O)NCc1nc2ccc(F)cc2[nH]1. The molecule has 0 aliphatic carbocycles. The second kappa shape index (κ2) is 6.97. The molecule has 2 rings (SSSR count). The molecule has 1 amide bonds. The van der Waals surface area contributed by atoms with Gasteiger partial charge in [0.25, 0.3) is 0 Å². The van der Waals surface area contributed by atoms with E-state index in [1.54, 1.807) is 13.2 Å². The molecule has 1 aromatic heterocycles. The maximum Gasteiger partial charge on any atom is 0.234 e. The maximum atomic E-state index is 13.0. The van der Waals surface area contributed by atoms with Gasteiger partial charge in [0.2, 0.25) is 5.91 Å². The van der Waals surface area contributed by atoms with Gasteiger partial charge in [-0.25, -0.2) is 9.37 Å². The number of fused-ring (bicyclic) bond motifs is 1. The number of imidazole rings is 1. The van der Waals surface area contributed by atoms with Crippen molar-refractivity contribution in [1.82, 2.24) is 20.6 Å². The number of nitrogens with zero attached hydrogens (tertiary/aromatic N) is 1. The summed E-state index contributed by atoms with van der Waals surface area (Å²) >= 11 is 0. The number of hydrogen-bond donors (Lipinski definition) is 3. The number of ether oxygens (including phenoxy) is 1. The molecule has 0 radical (unpaired) electrons. The van der Waals surface area contributed by atoms with E-state index in [0.717, 1.165) is 0 Å². The van der Waals surface area contributed by atoms with Gasteiger partial charge in [0.1, 0.15) is 11.6 Å². The molecule has 0 fully saturated rings. The first-order valence-corrected chi connectivity index (χ1v) is 6.29. The highest BCUT2D eigenvalue weighted by atomic mass is 19.1. The number of H-pyrrole nitrogens is 1. The van der Waals surface area contributed by atoms with Gasteiger partial charge < -0.3 is 20.4 Å². The van der Waals surface area contributed by atoms with Crippen LogP contribution in [0, 0.1) is 5.82 Å². The van der Waals surface area contributed by atoms with Crippen molar-refractivity contribution in [2.45, 2.75) is 6.54 Å². The molecule has 0 bridgehead atoms. The fourth-order valence-corrected chi connectivity index (χ4v) is 1.74. The van der Waals surface area contributed by atoms with Crippen LogP contribution in [0.1, 0.15) is 5.82 Å². The van der Waals surface area contributed by atoms with Gasteiger partial charge in [-0.1, -0.05) is 0 Å². The molecule has 3 N–H and O–H groups in total. The first kappa shape index (κ1) is 14.4. The maximum absolute atomic E-state index is 13.0. The van der Waals surface area contributed by atoms with Crippen LogP contribution in [0.15, 0.2) is 18.2 Å². The smallest absolute Gasteiger partial charge is 0.234 e. The third kappa shape index (κ3) is 4.01. The van der Waals surface area contributed by atoms with E-state index in [1.807, 2.05) is 0 Å². The van der Waals surface area contributed by atoms with Crippen LogP contribution >= 0.6 is 0 Å². The number of hydrogen-bond acceptors (Lipinski definition) is 4. The minimum absolute atomic E-state index is 0.132. The number of amides is 1. The molecule has 1 heterocycles. The van der Waals surface area contributed by atoms with Crippen LogP contribution in [0.3, 0.4) is 0 Å². The van der Waals surface area contributed by atoms with Gasteiger partial charge in [0.05, 0.1) is 30.7 Å². The first-order valence-electron chi connectivity index (χ1n) is 6.29. The van der Waals surface area contributed by atoms with E-state index in [1.165, 1.54) is 12.1 Å². The number of benzene rings is 1. The molecule has 6 nitrogen and oxygen atoms in total. The molecule has 108 valence electrons. The second-order valence-corrected chi connectivity index (χ2v) is 4.29. The van der Waals surface area contributed by atoms with E-state index in [2.05, 4.69) is 20.6 Å². The summed E-state index contributed by atoms with van der Waals surface area (Å²) in [6.45, 7) is 1.68. The number of halogens is 1. The lowest BCUT2D eigenvalue weighted by Gasteiger charge is -2.04. The average Bonchev–Trinajstić information content (AvgIpc) is 2.83. The molecular formula is C13H17FN4O2. The Hall–Kier alpha value is -1.99.